The molecule has 0 aromatic heterocycles. The molecular formula is C26H25F5N2O2. The lowest BCUT2D eigenvalue weighted by Crippen LogP contribution is -2.40. The van der Waals surface area contributed by atoms with E-state index in [2.05, 4.69) is 10.1 Å². The molecule has 0 aliphatic heterocycles. The molecule has 1 N–H and O–H groups in total. The molecule has 35 heavy (non-hydrogen) atoms. The molecule has 3 aromatic carbocycles. The number of hydrogen-bond acceptors (Lipinski definition) is 3. The highest BCUT2D eigenvalue weighted by Crippen LogP contribution is 2.32. The fourth-order valence-corrected chi connectivity index (χ4v) is 3.80. The van der Waals surface area contributed by atoms with Crippen LogP contribution in [-0.2, 0) is 17.4 Å². The zero-order chi connectivity index (χ0) is 25.4. The predicted molar refractivity (Wildman–Crippen MR) is 123 cm³/mol. The summed E-state index contributed by atoms with van der Waals surface area (Å²) in [7, 11) is 1.51. The van der Waals surface area contributed by atoms with Crippen LogP contribution in [0.1, 0.15) is 29.2 Å². The second kappa shape index (κ2) is 11.7. The van der Waals surface area contributed by atoms with Crippen LogP contribution in [0.5, 0.6) is 5.75 Å². The van der Waals surface area contributed by atoms with E-state index in [9.17, 15) is 26.7 Å². The minimum absolute atomic E-state index is 0.0473. The second-order valence-electron chi connectivity index (χ2n) is 7.79. The summed E-state index contributed by atoms with van der Waals surface area (Å²) >= 11 is 0. The number of rotatable bonds is 10. The van der Waals surface area contributed by atoms with Crippen LogP contribution >= 0.6 is 0 Å². The van der Waals surface area contributed by atoms with E-state index in [1.54, 1.807) is 41.3 Å². The van der Waals surface area contributed by atoms with Gasteiger partial charge in [0.15, 0.2) is 0 Å². The van der Waals surface area contributed by atoms with Crippen molar-refractivity contribution in [3.05, 3.63) is 95.6 Å². The smallest absolute Gasteiger partial charge is 0.416 e. The molecule has 0 saturated heterocycles. The van der Waals surface area contributed by atoms with Gasteiger partial charge < -0.3 is 15.0 Å². The third-order valence-electron chi connectivity index (χ3n) is 5.44. The van der Waals surface area contributed by atoms with Crippen LogP contribution in [0.4, 0.5) is 27.6 Å². The van der Waals surface area contributed by atoms with E-state index in [0.29, 0.717) is 36.2 Å². The number of hydrogen-bond donors (Lipinski definition) is 1. The highest BCUT2D eigenvalue weighted by molar-refractivity contribution is 5.86. The number of halogens is 5. The van der Waals surface area contributed by atoms with E-state index in [4.69, 9.17) is 0 Å². The standard InChI is InChI=1S/C26H25F5N2O2/c1-32-24(34)23(19-8-3-2-4-9-19)33(21-10-5-11-22(17-21)35-25(27)28)16-6-7-18-12-14-20(15-13-18)26(29,30)31/h2-5,8-15,17,23,25H,6-7,16H2,1H3,(H,32,34). The summed E-state index contributed by atoms with van der Waals surface area (Å²) in [6.07, 6.45) is -3.46. The first-order valence-corrected chi connectivity index (χ1v) is 10.9. The maximum Gasteiger partial charge on any atom is 0.416 e. The normalized spacial score (nSPS) is 12.3. The van der Waals surface area contributed by atoms with E-state index < -0.39 is 24.4 Å². The zero-order valence-corrected chi connectivity index (χ0v) is 18.9. The maximum absolute atomic E-state index is 12.9. The Morgan fingerprint density at radius 1 is 0.971 bits per heavy atom. The van der Waals surface area contributed by atoms with Gasteiger partial charge in [-0.05, 0) is 48.2 Å². The first-order valence-electron chi connectivity index (χ1n) is 10.9. The van der Waals surface area contributed by atoms with E-state index in [-0.39, 0.29) is 11.7 Å². The molecule has 4 nitrogen and oxygen atoms in total. The average Bonchev–Trinajstić information content (AvgIpc) is 2.83. The van der Waals surface area contributed by atoms with Crippen LogP contribution in [0.3, 0.4) is 0 Å². The molecule has 0 spiro atoms. The summed E-state index contributed by atoms with van der Waals surface area (Å²) < 4.78 is 68.6. The summed E-state index contributed by atoms with van der Waals surface area (Å²) in [5.74, 6) is -0.347. The molecule has 0 aliphatic rings. The van der Waals surface area contributed by atoms with Crippen molar-refractivity contribution in [2.75, 3.05) is 18.5 Å². The molecule has 0 radical (unpaired) electrons. The average molecular weight is 492 g/mol. The van der Waals surface area contributed by atoms with Crippen LogP contribution in [0, 0.1) is 0 Å². The number of nitrogens with zero attached hydrogens (tertiary/aromatic N) is 1. The van der Waals surface area contributed by atoms with Gasteiger partial charge in [0.05, 0.1) is 5.56 Å². The number of carbonyl (C=O) groups excluding carboxylic acids is 1. The first kappa shape index (κ1) is 26.0. The third-order valence-corrected chi connectivity index (χ3v) is 5.44. The lowest BCUT2D eigenvalue weighted by Gasteiger charge is -2.33. The Kier molecular flexibility index (Phi) is 8.68. The highest BCUT2D eigenvalue weighted by Gasteiger charge is 2.30. The second-order valence-corrected chi connectivity index (χ2v) is 7.79. The minimum atomic E-state index is -4.41. The van der Waals surface area contributed by atoms with Crippen molar-refractivity contribution in [1.82, 2.24) is 5.32 Å². The number of anilines is 1. The maximum atomic E-state index is 12.9. The molecule has 3 rings (SSSR count). The fourth-order valence-electron chi connectivity index (χ4n) is 3.80. The van der Waals surface area contributed by atoms with Crippen molar-refractivity contribution < 1.29 is 31.5 Å². The fraction of sp³-hybridized carbons (Fsp3) is 0.269. The molecule has 0 saturated carbocycles. The molecule has 3 aromatic rings. The molecule has 0 heterocycles. The SMILES string of the molecule is CNC(=O)C(c1ccccc1)N(CCCc1ccc(C(F)(F)F)cc1)c1cccc(OC(F)F)c1. The van der Waals surface area contributed by atoms with Crippen molar-refractivity contribution in [2.24, 2.45) is 0 Å². The van der Waals surface area contributed by atoms with Gasteiger partial charge in [-0.15, -0.1) is 0 Å². The van der Waals surface area contributed by atoms with Crippen molar-refractivity contribution in [2.45, 2.75) is 31.7 Å². The molecule has 1 amide bonds. The van der Waals surface area contributed by atoms with Crippen LogP contribution < -0.4 is 15.0 Å². The van der Waals surface area contributed by atoms with Gasteiger partial charge in [-0.25, -0.2) is 0 Å². The van der Waals surface area contributed by atoms with Crippen LogP contribution in [0.25, 0.3) is 0 Å². The monoisotopic (exact) mass is 492 g/mol. The van der Waals surface area contributed by atoms with E-state index in [1.807, 2.05) is 6.07 Å². The summed E-state index contributed by atoms with van der Waals surface area (Å²) in [5.41, 5.74) is 1.18. The number of benzene rings is 3. The van der Waals surface area contributed by atoms with Gasteiger partial charge in [0, 0.05) is 25.3 Å². The van der Waals surface area contributed by atoms with Gasteiger partial charge in [0.25, 0.3) is 0 Å². The number of aryl methyl sites for hydroxylation is 1. The van der Waals surface area contributed by atoms with Gasteiger partial charge in [0.1, 0.15) is 11.8 Å². The molecule has 0 bridgehead atoms. The topological polar surface area (TPSA) is 41.6 Å². The van der Waals surface area contributed by atoms with Crippen LogP contribution in [-0.4, -0.2) is 26.1 Å². The van der Waals surface area contributed by atoms with Gasteiger partial charge in [0.2, 0.25) is 5.91 Å². The highest BCUT2D eigenvalue weighted by atomic mass is 19.4. The minimum Gasteiger partial charge on any atom is -0.435 e. The summed E-state index contributed by atoms with van der Waals surface area (Å²) in [6.45, 7) is -2.67. The Hall–Kier alpha value is -3.62. The zero-order valence-electron chi connectivity index (χ0n) is 18.9. The van der Waals surface area contributed by atoms with Crippen LogP contribution in [0.2, 0.25) is 0 Å². The summed E-state index contributed by atoms with van der Waals surface area (Å²) in [4.78, 5) is 14.7. The van der Waals surface area contributed by atoms with Gasteiger partial charge >= 0.3 is 12.8 Å². The number of alkyl halides is 5. The van der Waals surface area contributed by atoms with Crippen molar-refractivity contribution in [3.8, 4) is 5.75 Å². The Labute approximate surface area is 200 Å². The Morgan fingerprint density at radius 2 is 1.66 bits per heavy atom. The number of likely N-dealkylation sites (N-methyl/N-ethyl adjacent to an activating group) is 1. The number of nitrogens with one attached hydrogen (secondary N) is 1. The lowest BCUT2D eigenvalue weighted by atomic mass is 10.0. The lowest BCUT2D eigenvalue weighted by molar-refractivity contribution is -0.137. The molecule has 1 unspecified atom stereocenters. The molecular weight excluding hydrogens is 467 g/mol. The van der Waals surface area contributed by atoms with Crippen LogP contribution in [0.15, 0.2) is 78.9 Å². The largest absolute Gasteiger partial charge is 0.435 e. The molecule has 1 atom stereocenters. The Balaban J connectivity index is 1.88. The van der Waals surface area contributed by atoms with Gasteiger partial charge in [-0.3, -0.25) is 4.79 Å². The summed E-state index contributed by atoms with van der Waals surface area (Å²) in [5, 5.41) is 2.65. The molecule has 0 aliphatic carbocycles. The predicted octanol–water partition coefficient (Wildman–Crippen LogP) is 6.23. The molecule has 186 valence electrons. The van der Waals surface area contributed by atoms with E-state index in [0.717, 1.165) is 12.1 Å². The third kappa shape index (κ3) is 7.18. The number of ether oxygens (including phenoxy) is 1. The number of carbonyl (C=O) groups is 1. The van der Waals surface area contributed by atoms with Crippen molar-refractivity contribution in [3.63, 3.8) is 0 Å². The van der Waals surface area contributed by atoms with Crippen molar-refractivity contribution in [1.29, 1.82) is 0 Å². The molecule has 9 heteroatoms. The quantitative estimate of drug-likeness (QED) is 0.341. The van der Waals surface area contributed by atoms with Crippen molar-refractivity contribution >= 4 is 11.6 Å². The number of amides is 1. The first-order chi connectivity index (χ1) is 16.7. The summed E-state index contributed by atoms with van der Waals surface area (Å²) in [6, 6.07) is 19.2. The van der Waals surface area contributed by atoms with E-state index >= 15 is 0 Å². The molecule has 0 fully saturated rings. The Bertz CT molecular complexity index is 1090. The Morgan fingerprint density at radius 3 is 2.26 bits per heavy atom. The van der Waals surface area contributed by atoms with Gasteiger partial charge in [-0.1, -0.05) is 48.5 Å². The van der Waals surface area contributed by atoms with Gasteiger partial charge in [-0.2, -0.15) is 22.0 Å². The van der Waals surface area contributed by atoms with E-state index in [1.165, 1.54) is 31.3 Å².